The molecule has 2 aromatic carbocycles. The first kappa shape index (κ1) is 23.5. The first-order valence-electron chi connectivity index (χ1n) is 11.0. The Labute approximate surface area is 188 Å². The van der Waals surface area contributed by atoms with E-state index in [0.29, 0.717) is 32.2 Å². The topological polar surface area (TPSA) is 95.9 Å². The number of rotatable bonds is 10. The van der Waals surface area contributed by atoms with Gasteiger partial charge >= 0.3 is 11.9 Å². The number of hydrogen-bond acceptors (Lipinski definition) is 5. The van der Waals surface area contributed by atoms with Gasteiger partial charge in [-0.1, -0.05) is 60.7 Å². The van der Waals surface area contributed by atoms with Crippen LogP contribution < -0.4 is 5.32 Å². The summed E-state index contributed by atoms with van der Waals surface area (Å²) in [5, 5.41) is 12.5. The minimum atomic E-state index is -0.994. The molecule has 0 radical (unpaired) electrons. The molecule has 3 rings (SSSR count). The average Bonchev–Trinajstić information content (AvgIpc) is 3.31. The number of aliphatic carboxylic acids is 1. The van der Waals surface area contributed by atoms with Crippen molar-refractivity contribution >= 4 is 17.8 Å². The predicted molar refractivity (Wildman–Crippen MR) is 120 cm³/mol. The highest BCUT2D eigenvalue weighted by atomic mass is 16.5. The van der Waals surface area contributed by atoms with Crippen molar-refractivity contribution in [2.24, 2.45) is 0 Å². The highest BCUT2D eigenvalue weighted by Gasteiger charge is 2.37. The molecule has 1 heterocycles. The molecule has 1 aliphatic rings. The lowest BCUT2D eigenvalue weighted by molar-refractivity contribution is -0.151. The number of carboxylic acid groups (broad SMARTS) is 1. The van der Waals surface area contributed by atoms with Gasteiger partial charge in [-0.3, -0.25) is 14.9 Å². The molecular weight excluding hydrogens is 408 g/mol. The van der Waals surface area contributed by atoms with Crippen LogP contribution in [0.25, 0.3) is 0 Å². The summed E-state index contributed by atoms with van der Waals surface area (Å²) >= 11 is 0. The molecule has 32 heavy (non-hydrogen) atoms. The van der Waals surface area contributed by atoms with Gasteiger partial charge in [-0.25, -0.2) is 4.79 Å². The Bertz CT molecular complexity index is 903. The van der Waals surface area contributed by atoms with Crippen LogP contribution in [0.5, 0.6) is 0 Å². The third kappa shape index (κ3) is 6.40. The monoisotopic (exact) mass is 438 g/mol. The van der Waals surface area contributed by atoms with Gasteiger partial charge in [-0.15, -0.1) is 0 Å². The zero-order valence-electron chi connectivity index (χ0n) is 18.3. The maximum absolute atomic E-state index is 12.9. The molecule has 0 aromatic heterocycles. The van der Waals surface area contributed by atoms with Crippen LogP contribution in [0.4, 0.5) is 0 Å². The van der Waals surface area contributed by atoms with Gasteiger partial charge < -0.3 is 14.7 Å². The highest BCUT2D eigenvalue weighted by molar-refractivity contribution is 5.88. The van der Waals surface area contributed by atoms with E-state index in [-0.39, 0.29) is 12.5 Å². The number of benzene rings is 2. The number of ether oxygens (including phenoxy) is 1. The molecule has 0 aliphatic carbocycles. The van der Waals surface area contributed by atoms with E-state index in [2.05, 4.69) is 5.32 Å². The minimum Gasteiger partial charge on any atom is -0.480 e. The molecule has 7 nitrogen and oxygen atoms in total. The Morgan fingerprint density at radius 3 is 2.31 bits per heavy atom. The number of carboxylic acids is 1. The Balaban J connectivity index is 1.65. The molecule has 7 heteroatoms. The predicted octanol–water partition coefficient (Wildman–Crippen LogP) is 2.78. The summed E-state index contributed by atoms with van der Waals surface area (Å²) in [6.07, 6.45) is 2.20. The molecule has 1 amide bonds. The van der Waals surface area contributed by atoms with E-state index in [4.69, 9.17) is 4.74 Å². The second-order valence-electron chi connectivity index (χ2n) is 8.09. The number of carbonyl (C=O) groups excluding carboxylic acids is 2. The van der Waals surface area contributed by atoms with Gasteiger partial charge in [0.05, 0.1) is 6.04 Å². The summed E-state index contributed by atoms with van der Waals surface area (Å²) in [7, 11) is 0. The Hall–Kier alpha value is -3.19. The van der Waals surface area contributed by atoms with Gasteiger partial charge in [0.1, 0.15) is 18.7 Å². The average molecular weight is 439 g/mol. The van der Waals surface area contributed by atoms with Crippen molar-refractivity contribution in [1.29, 1.82) is 0 Å². The van der Waals surface area contributed by atoms with Crippen molar-refractivity contribution in [2.75, 3.05) is 6.54 Å². The lowest BCUT2D eigenvalue weighted by Gasteiger charge is -2.28. The van der Waals surface area contributed by atoms with Crippen LogP contribution in [0.2, 0.25) is 0 Å². The zero-order chi connectivity index (χ0) is 22.9. The summed E-state index contributed by atoms with van der Waals surface area (Å²) in [6, 6.07) is 17.0. The van der Waals surface area contributed by atoms with Crippen LogP contribution in [0.15, 0.2) is 60.7 Å². The fourth-order valence-corrected chi connectivity index (χ4v) is 3.96. The number of nitrogens with one attached hydrogen (secondary N) is 1. The van der Waals surface area contributed by atoms with E-state index in [9.17, 15) is 19.5 Å². The van der Waals surface area contributed by atoms with Crippen LogP contribution in [-0.4, -0.2) is 52.5 Å². The van der Waals surface area contributed by atoms with E-state index in [1.807, 2.05) is 60.7 Å². The smallest absolute Gasteiger partial charge is 0.326 e. The molecule has 3 unspecified atom stereocenters. The van der Waals surface area contributed by atoms with E-state index in [1.54, 1.807) is 6.92 Å². The second-order valence-corrected chi connectivity index (χ2v) is 8.09. The lowest BCUT2D eigenvalue weighted by Crippen LogP contribution is -2.53. The van der Waals surface area contributed by atoms with Gasteiger partial charge in [0.15, 0.2) is 0 Å². The van der Waals surface area contributed by atoms with Gasteiger partial charge in [-0.2, -0.15) is 0 Å². The Kier molecular flexibility index (Phi) is 8.39. The van der Waals surface area contributed by atoms with E-state index >= 15 is 0 Å². The number of likely N-dealkylation sites (tertiary alicyclic amines) is 1. The minimum absolute atomic E-state index is 0.152. The summed E-state index contributed by atoms with van der Waals surface area (Å²) in [6.45, 7) is 2.23. The number of esters is 1. The quantitative estimate of drug-likeness (QED) is 0.554. The maximum atomic E-state index is 12.9. The van der Waals surface area contributed by atoms with Crippen LogP contribution in [0, 0.1) is 0 Å². The van der Waals surface area contributed by atoms with Crippen molar-refractivity contribution in [1.82, 2.24) is 10.2 Å². The first-order chi connectivity index (χ1) is 15.5. The van der Waals surface area contributed by atoms with E-state index in [1.165, 1.54) is 4.90 Å². The third-order valence-electron chi connectivity index (χ3n) is 5.72. The van der Waals surface area contributed by atoms with Crippen molar-refractivity contribution in [3.63, 3.8) is 0 Å². The summed E-state index contributed by atoms with van der Waals surface area (Å²) < 4.78 is 5.52. The SMILES string of the molecule is CC(NC(CCc1ccccc1)C(=O)OCc1ccccc1)C(=O)N1CCCC1C(=O)O. The molecule has 0 saturated carbocycles. The van der Waals surface area contributed by atoms with E-state index in [0.717, 1.165) is 11.1 Å². The number of nitrogens with zero attached hydrogens (tertiary/aromatic N) is 1. The van der Waals surface area contributed by atoms with Gasteiger partial charge in [-0.05, 0) is 43.7 Å². The molecule has 170 valence electrons. The fraction of sp³-hybridized carbons (Fsp3) is 0.400. The van der Waals surface area contributed by atoms with Gasteiger partial charge in [0, 0.05) is 6.54 Å². The van der Waals surface area contributed by atoms with Crippen LogP contribution in [0.3, 0.4) is 0 Å². The fourth-order valence-electron chi connectivity index (χ4n) is 3.96. The third-order valence-corrected chi connectivity index (χ3v) is 5.72. The molecule has 0 spiro atoms. The summed E-state index contributed by atoms with van der Waals surface area (Å²) in [5.74, 6) is -1.73. The number of carbonyl (C=O) groups is 3. The van der Waals surface area contributed by atoms with Crippen molar-refractivity contribution in [3.8, 4) is 0 Å². The molecule has 1 saturated heterocycles. The van der Waals surface area contributed by atoms with Gasteiger partial charge in [0.25, 0.3) is 0 Å². The molecule has 1 fully saturated rings. The Morgan fingerprint density at radius 1 is 1.06 bits per heavy atom. The number of amides is 1. The Morgan fingerprint density at radius 2 is 1.69 bits per heavy atom. The summed E-state index contributed by atoms with van der Waals surface area (Å²) in [5.41, 5.74) is 1.97. The highest BCUT2D eigenvalue weighted by Crippen LogP contribution is 2.19. The molecule has 1 aliphatic heterocycles. The number of aryl methyl sites for hydroxylation is 1. The van der Waals surface area contributed by atoms with Crippen LogP contribution in [-0.2, 0) is 32.1 Å². The molecule has 2 N–H and O–H groups in total. The lowest BCUT2D eigenvalue weighted by atomic mass is 10.0. The number of hydrogen-bond donors (Lipinski definition) is 2. The second kappa shape index (κ2) is 11.4. The van der Waals surface area contributed by atoms with Crippen molar-refractivity contribution < 1.29 is 24.2 Å². The van der Waals surface area contributed by atoms with Crippen LogP contribution in [0.1, 0.15) is 37.3 Å². The van der Waals surface area contributed by atoms with Crippen molar-refractivity contribution in [3.05, 3.63) is 71.8 Å². The largest absolute Gasteiger partial charge is 0.480 e. The molecule has 0 bridgehead atoms. The summed E-state index contributed by atoms with van der Waals surface area (Å²) in [4.78, 5) is 38.7. The normalized spacial score (nSPS) is 17.5. The van der Waals surface area contributed by atoms with Crippen molar-refractivity contribution in [2.45, 2.75) is 57.3 Å². The molecule has 3 atom stereocenters. The molecule has 2 aromatic rings. The van der Waals surface area contributed by atoms with E-state index < -0.39 is 30.1 Å². The standard InChI is InChI=1S/C25H30N2O5/c1-18(23(28)27-16-8-13-22(27)24(29)30)26-21(15-14-19-9-4-2-5-10-19)25(31)32-17-20-11-6-3-7-12-20/h2-7,9-12,18,21-22,26H,8,13-17H2,1H3,(H,29,30). The van der Waals surface area contributed by atoms with Crippen LogP contribution >= 0.6 is 0 Å². The first-order valence-corrected chi connectivity index (χ1v) is 11.0. The van der Waals surface area contributed by atoms with Gasteiger partial charge in [0.2, 0.25) is 5.91 Å². The zero-order valence-corrected chi connectivity index (χ0v) is 18.3. The maximum Gasteiger partial charge on any atom is 0.326 e. The molecular formula is C25H30N2O5.